The lowest BCUT2D eigenvalue weighted by atomic mass is 10.0. The summed E-state index contributed by atoms with van der Waals surface area (Å²) in [5.41, 5.74) is 0.742. The van der Waals surface area contributed by atoms with E-state index < -0.39 is 0 Å². The smallest absolute Gasteiger partial charge is 0.224 e. The summed E-state index contributed by atoms with van der Waals surface area (Å²) in [6.45, 7) is 1.08. The van der Waals surface area contributed by atoms with Crippen LogP contribution < -0.4 is 15.4 Å². The number of nitrogens with one attached hydrogen (secondary N) is 2. The molecule has 0 radical (unpaired) electrons. The van der Waals surface area contributed by atoms with Gasteiger partial charge in [-0.2, -0.15) is 0 Å². The van der Waals surface area contributed by atoms with Crippen molar-refractivity contribution in [2.75, 3.05) is 19.0 Å². The van der Waals surface area contributed by atoms with E-state index in [0.717, 1.165) is 18.7 Å². The van der Waals surface area contributed by atoms with Crippen LogP contribution in [0.3, 0.4) is 0 Å². The molecule has 1 saturated heterocycles. The SMILES string of the molecule is COc1ccccc1NC(=O)CCC1CCCCN1. The predicted molar refractivity (Wildman–Crippen MR) is 76.5 cm³/mol. The molecule has 4 nitrogen and oxygen atoms in total. The first-order valence-electron chi connectivity index (χ1n) is 6.96. The number of ether oxygens (including phenoxy) is 1. The minimum absolute atomic E-state index is 0.0527. The number of rotatable bonds is 5. The summed E-state index contributed by atoms with van der Waals surface area (Å²) in [5, 5.41) is 6.37. The molecule has 1 amide bonds. The summed E-state index contributed by atoms with van der Waals surface area (Å²) in [6.07, 6.45) is 5.16. The van der Waals surface area contributed by atoms with Crippen molar-refractivity contribution in [2.24, 2.45) is 0 Å². The van der Waals surface area contributed by atoms with Gasteiger partial charge in [-0.15, -0.1) is 0 Å². The summed E-state index contributed by atoms with van der Waals surface area (Å²) in [6, 6.07) is 7.98. The summed E-state index contributed by atoms with van der Waals surface area (Å²) in [5.74, 6) is 0.753. The molecule has 1 heterocycles. The minimum atomic E-state index is 0.0527. The first-order chi connectivity index (χ1) is 9.29. The van der Waals surface area contributed by atoms with Crippen molar-refractivity contribution in [1.29, 1.82) is 0 Å². The molecule has 19 heavy (non-hydrogen) atoms. The monoisotopic (exact) mass is 262 g/mol. The van der Waals surface area contributed by atoms with Crippen molar-refractivity contribution >= 4 is 11.6 Å². The van der Waals surface area contributed by atoms with Crippen LogP contribution in [0.25, 0.3) is 0 Å². The van der Waals surface area contributed by atoms with E-state index in [4.69, 9.17) is 4.74 Å². The number of hydrogen-bond donors (Lipinski definition) is 2. The molecule has 0 bridgehead atoms. The molecule has 1 atom stereocenters. The van der Waals surface area contributed by atoms with Crippen LogP contribution in [0.1, 0.15) is 32.1 Å². The van der Waals surface area contributed by atoms with Crippen LogP contribution in [0.15, 0.2) is 24.3 Å². The van der Waals surface area contributed by atoms with Gasteiger partial charge in [0.25, 0.3) is 0 Å². The zero-order valence-electron chi connectivity index (χ0n) is 11.4. The van der Waals surface area contributed by atoms with Gasteiger partial charge in [-0.3, -0.25) is 4.79 Å². The number of methoxy groups -OCH3 is 1. The molecule has 2 rings (SSSR count). The third-order valence-corrected chi connectivity index (χ3v) is 3.51. The van der Waals surface area contributed by atoms with Crippen molar-refractivity contribution in [2.45, 2.75) is 38.1 Å². The highest BCUT2D eigenvalue weighted by atomic mass is 16.5. The Morgan fingerprint density at radius 2 is 2.26 bits per heavy atom. The van der Waals surface area contributed by atoms with E-state index in [-0.39, 0.29) is 5.91 Å². The second kappa shape index (κ2) is 7.14. The molecule has 1 fully saturated rings. The van der Waals surface area contributed by atoms with Crippen LogP contribution in [-0.4, -0.2) is 25.6 Å². The summed E-state index contributed by atoms with van der Waals surface area (Å²) in [4.78, 5) is 11.9. The zero-order chi connectivity index (χ0) is 13.5. The van der Waals surface area contributed by atoms with Crippen LogP contribution in [0.4, 0.5) is 5.69 Å². The predicted octanol–water partition coefficient (Wildman–Crippen LogP) is 2.56. The van der Waals surface area contributed by atoms with Crippen LogP contribution in [0.5, 0.6) is 5.75 Å². The van der Waals surface area contributed by atoms with Gasteiger partial charge < -0.3 is 15.4 Å². The van der Waals surface area contributed by atoms with Crippen LogP contribution in [-0.2, 0) is 4.79 Å². The molecule has 1 aromatic carbocycles. The summed E-state index contributed by atoms with van der Waals surface area (Å²) >= 11 is 0. The maximum atomic E-state index is 11.9. The van der Waals surface area contributed by atoms with Crippen molar-refractivity contribution < 1.29 is 9.53 Å². The fourth-order valence-corrected chi connectivity index (χ4v) is 2.44. The van der Waals surface area contributed by atoms with Gasteiger partial charge in [0.2, 0.25) is 5.91 Å². The average molecular weight is 262 g/mol. The van der Waals surface area contributed by atoms with Gasteiger partial charge in [-0.1, -0.05) is 18.6 Å². The molecule has 1 aliphatic heterocycles. The number of para-hydroxylation sites is 2. The number of amides is 1. The lowest BCUT2D eigenvalue weighted by molar-refractivity contribution is -0.116. The minimum Gasteiger partial charge on any atom is -0.495 e. The Bertz CT molecular complexity index is 414. The van der Waals surface area contributed by atoms with E-state index in [1.807, 2.05) is 24.3 Å². The van der Waals surface area contributed by atoms with Gasteiger partial charge in [-0.05, 0) is 37.9 Å². The van der Waals surface area contributed by atoms with Crippen molar-refractivity contribution in [3.63, 3.8) is 0 Å². The number of carbonyl (C=O) groups excluding carboxylic acids is 1. The molecule has 1 aliphatic rings. The highest BCUT2D eigenvalue weighted by Crippen LogP contribution is 2.23. The highest BCUT2D eigenvalue weighted by Gasteiger charge is 2.14. The first kappa shape index (κ1) is 13.9. The quantitative estimate of drug-likeness (QED) is 0.857. The number of benzene rings is 1. The summed E-state index contributed by atoms with van der Waals surface area (Å²) in [7, 11) is 1.61. The Labute approximate surface area is 114 Å². The van der Waals surface area contributed by atoms with Gasteiger partial charge in [0.1, 0.15) is 5.75 Å². The van der Waals surface area contributed by atoms with Crippen LogP contribution >= 0.6 is 0 Å². The molecule has 4 heteroatoms. The third-order valence-electron chi connectivity index (χ3n) is 3.51. The number of hydrogen-bond acceptors (Lipinski definition) is 3. The van der Waals surface area contributed by atoms with Crippen molar-refractivity contribution in [3.05, 3.63) is 24.3 Å². The van der Waals surface area contributed by atoms with Gasteiger partial charge in [-0.25, -0.2) is 0 Å². The topological polar surface area (TPSA) is 50.4 Å². The van der Waals surface area contributed by atoms with Gasteiger partial charge in [0.15, 0.2) is 0 Å². The van der Waals surface area contributed by atoms with Crippen molar-refractivity contribution in [3.8, 4) is 5.75 Å². The lowest BCUT2D eigenvalue weighted by Gasteiger charge is -2.23. The molecule has 104 valence electrons. The van der Waals surface area contributed by atoms with Gasteiger partial charge in [0, 0.05) is 12.5 Å². The maximum absolute atomic E-state index is 11.9. The molecule has 0 aromatic heterocycles. The fraction of sp³-hybridized carbons (Fsp3) is 0.533. The van der Waals surface area contributed by atoms with E-state index in [2.05, 4.69) is 10.6 Å². The summed E-state index contributed by atoms with van der Waals surface area (Å²) < 4.78 is 5.21. The number of piperidine rings is 1. The zero-order valence-corrected chi connectivity index (χ0v) is 11.4. The Kier molecular flexibility index (Phi) is 5.21. The van der Waals surface area contributed by atoms with Crippen molar-refractivity contribution in [1.82, 2.24) is 5.32 Å². The van der Waals surface area contributed by atoms with Crippen LogP contribution in [0, 0.1) is 0 Å². The van der Waals surface area contributed by atoms with E-state index in [1.54, 1.807) is 7.11 Å². The fourth-order valence-electron chi connectivity index (χ4n) is 2.44. The van der Waals surface area contributed by atoms with E-state index in [9.17, 15) is 4.79 Å². The van der Waals surface area contributed by atoms with E-state index in [0.29, 0.717) is 18.2 Å². The Morgan fingerprint density at radius 3 is 3.00 bits per heavy atom. The van der Waals surface area contributed by atoms with Crippen LogP contribution in [0.2, 0.25) is 0 Å². The second-order valence-corrected chi connectivity index (χ2v) is 4.93. The molecular weight excluding hydrogens is 240 g/mol. The number of carbonyl (C=O) groups is 1. The lowest BCUT2D eigenvalue weighted by Crippen LogP contribution is -2.34. The molecule has 0 spiro atoms. The Hall–Kier alpha value is -1.55. The largest absolute Gasteiger partial charge is 0.495 e. The molecule has 0 saturated carbocycles. The first-order valence-corrected chi connectivity index (χ1v) is 6.96. The maximum Gasteiger partial charge on any atom is 0.224 e. The molecule has 1 unspecified atom stereocenters. The standard InChI is InChI=1S/C15H22N2O2/c1-19-14-8-3-2-7-13(14)17-15(18)10-9-12-6-4-5-11-16-12/h2-3,7-8,12,16H,4-6,9-11H2,1H3,(H,17,18). The van der Waals surface area contributed by atoms with Gasteiger partial charge >= 0.3 is 0 Å². The van der Waals surface area contributed by atoms with E-state index >= 15 is 0 Å². The second-order valence-electron chi connectivity index (χ2n) is 4.93. The Morgan fingerprint density at radius 1 is 1.42 bits per heavy atom. The number of anilines is 1. The molecule has 0 aliphatic carbocycles. The normalized spacial score (nSPS) is 18.9. The third kappa shape index (κ3) is 4.24. The highest BCUT2D eigenvalue weighted by molar-refractivity contribution is 5.92. The Balaban J connectivity index is 1.80. The average Bonchev–Trinajstić information content (AvgIpc) is 2.47. The molecule has 1 aromatic rings. The molecular formula is C15H22N2O2. The van der Waals surface area contributed by atoms with Gasteiger partial charge in [0.05, 0.1) is 12.8 Å². The molecule has 2 N–H and O–H groups in total. The van der Waals surface area contributed by atoms with E-state index in [1.165, 1.54) is 19.3 Å².